The lowest BCUT2D eigenvalue weighted by atomic mass is 10.1. The molecule has 0 aliphatic carbocycles. The molecule has 126 valence electrons. The maximum atomic E-state index is 13.3. The topological polar surface area (TPSA) is 76.9 Å². The van der Waals surface area contributed by atoms with Crippen LogP contribution < -0.4 is 10.5 Å². The Hall–Kier alpha value is -3.33. The van der Waals surface area contributed by atoms with Crippen LogP contribution in [0.2, 0.25) is 0 Å². The normalized spacial score (nSPS) is 10.4. The Kier molecular flexibility index (Phi) is 4.66. The first-order valence-electron chi connectivity index (χ1n) is 7.76. The van der Waals surface area contributed by atoms with Crippen molar-refractivity contribution >= 4 is 5.82 Å². The van der Waals surface area contributed by atoms with Gasteiger partial charge in [-0.15, -0.1) is 5.10 Å². The van der Waals surface area contributed by atoms with Gasteiger partial charge in [-0.25, -0.2) is 9.07 Å². The molecule has 2 N–H and O–H groups in total. The van der Waals surface area contributed by atoms with Crippen LogP contribution in [-0.4, -0.2) is 9.78 Å². The number of aryl methyl sites for hydroxylation is 1. The smallest absolute Gasteiger partial charge is 0.253 e. The maximum absolute atomic E-state index is 13.3. The van der Waals surface area contributed by atoms with Gasteiger partial charge in [-0.3, -0.25) is 0 Å². The van der Waals surface area contributed by atoms with Crippen molar-refractivity contribution in [2.75, 3.05) is 5.73 Å². The van der Waals surface area contributed by atoms with Gasteiger partial charge in [-0.05, 0) is 35.7 Å². The Bertz CT molecular complexity index is 943. The van der Waals surface area contributed by atoms with Crippen LogP contribution in [0.1, 0.15) is 22.3 Å². The number of anilines is 1. The number of rotatable bonds is 5. The molecule has 0 aliphatic heterocycles. The van der Waals surface area contributed by atoms with E-state index in [1.807, 2.05) is 37.3 Å². The molecule has 6 heteroatoms. The molecular formula is C19H17FN4O. The third-order valence-electron chi connectivity index (χ3n) is 3.92. The van der Waals surface area contributed by atoms with Crippen molar-refractivity contribution in [3.8, 4) is 11.9 Å². The van der Waals surface area contributed by atoms with Gasteiger partial charge >= 0.3 is 0 Å². The van der Waals surface area contributed by atoms with Gasteiger partial charge in [0.15, 0.2) is 5.56 Å². The Morgan fingerprint density at radius 1 is 1.24 bits per heavy atom. The van der Waals surface area contributed by atoms with E-state index in [0.29, 0.717) is 5.56 Å². The second-order valence-corrected chi connectivity index (χ2v) is 5.68. The molecule has 3 rings (SSSR count). The van der Waals surface area contributed by atoms with E-state index >= 15 is 0 Å². The van der Waals surface area contributed by atoms with Crippen molar-refractivity contribution in [2.24, 2.45) is 0 Å². The summed E-state index contributed by atoms with van der Waals surface area (Å²) >= 11 is 0. The molecule has 0 bridgehead atoms. The lowest BCUT2D eigenvalue weighted by Crippen LogP contribution is -2.06. The van der Waals surface area contributed by atoms with E-state index in [4.69, 9.17) is 10.5 Å². The zero-order valence-electron chi connectivity index (χ0n) is 13.7. The minimum absolute atomic E-state index is 0.180. The Labute approximate surface area is 145 Å². The van der Waals surface area contributed by atoms with Crippen LogP contribution in [0.15, 0.2) is 48.5 Å². The number of hydrogen-bond donors (Lipinski definition) is 1. The molecule has 0 fully saturated rings. The number of ether oxygens (including phenoxy) is 1. The summed E-state index contributed by atoms with van der Waals surface area (Å²) < 4.78 is 20.5. The lowest BCUT2D eigenvalue weighted by molar-refractivity contribution is 0.288. The Balaban J connectivity index is 1.83. The molecule has 0 saturated carbocycles. The van der Waals surface area contributed by atoms with Crippen LogP contribution in [0.4, 0.5) is 10.2 Å². The van der Waals surface area contributed by atoms with Crippen LogP contribution >= 0.6 is 0 Å². The van der Waals surface area contributed by atoms with Crippen molar-refractivity contribution < 1.29 is 9.13 Å². The van der Waals surface area contributed by atoms with Crippen LogP contribution in [-0.2, 0) is 13.2 Å². The summed E-state index contributed by atoms with van der Waals surface area (Å²) in [5.74, 6) is 0.0472. The standard InChI is InChI=1S/C19H17FN4O/c1-13-5-2-3-7-15(13)12-25-19-17(10-21)18(22)24(23-19)11-14-6-4-8-16(20)9-14/h2-9H,11-12,22H2,1H3. The minimum Gasteiger partial charge on any atom is -0.471 e. The molecule has 3 aromatic rings. The molecule has 0 atom stereocenters. The van der Waals surface area contributed by atoms with Gasteiger partial charge in [-0.1, -0.05) is 36.4 Å². The quantitative estimate of drug-likeness (QED) is 0.774. The second kappa shape index (κ2) is 7.05. The van der Waals surface area contributed by atoms with Crippen LogP contribution in [0.25, 0.3) is 0 Å². The zero-order valence-corrected chi connectivity index (χ0v) is 13.7. The number of nitriles is 1. The maximum Gasteiger partial charge on any atom is 0.253 e. The number of nitrogens with two attached hydrogens (primary N) is 1. The molecule has 1 heterocycles. The SMILES string of the molecule is Cc1ccccc1COc1nn(Cc2cccc(F)c2)c(N)c1C#N. The van der Waals surface area contributed by atoms with Crippen molar-refractivity contribution in [1.29, 1.82) is 5.26 Å². The number of benzene rings is 2. The van der Waals surface area contributed by atoms with Gasteiger partial charge in [0.05, 0.1) is 6.54 Å². The van der Waals surface area contributed by atoms with E-state index in [9.17, 15) is 9.65 Å². The van der Waals surface area contributed by atoms with Gasteiger partial charge in [0.1, 0.15) is 24.3 Å². The Morgan fingerprint density at radius 3 is 2.76 bits per heavy atom. The number of nitrogens with zero attached hydrogens (tertiary/aromatic N) is 3. The fraction of sp³-hybridized carbons (Fsp3) is 0.158. The van der Waals surface area contributed by atoms with Gasteiger partial charge in [0, 0.05) is 0 Å². The molecule has 0 spiro atoms. The van der Waals surface area contributed by atoms with Crippen LogP contribution in [0.5, 0.6) is 5.88 Å². The highest BCUT2D eigenvalue weighted by Crippen LogP contribution is 2.25. The monoisotopic (exact) mass is 336 g/mol. The van der Waals surface area contributed by atoms with E-state index in [-0.39, 0.29) is 36.2 Å². The van der Waals surface area contributed by atoms with Crippen molar-refractivity contribution in [2.45, 2.75) is 20.1 Å². The molecule has 5 nitrogen and oxygen atoms in total. The average molecular weight is 336 g/mol. The van der Waals surface area contributed by atoms with E-state index < -0.39 is 0 Å². The predicted octanol–water partition coefficient (Wildman–Crippen LogP) is 3.41. The van der Waals surface area contributed by atoms with Crippen molar-refractivity contribution in [3.63, 3.8) is 0 Å². The second-order valence-electron chi connectivity index (χ2n) is 5.68. The molecule has 1 aromatic heterocycles. The number of hydrogen-bond acceptors (Lipinski definition) is 4. The summed E-state index contributed by atoms with van der Waals surface area (Å²) in [6, 6.07) is 16.0. The Morgan fingerprint density at radius 2 is 2.04 bits per heavy atom. The zero-order chi connectivity index (χ0) is 17.8. The molecule has 0 saturated heterocycles. The molecule has 0 radical (unpaired) electrons. The first-order chi connectivity index (χ1) is 12.1. The lowest BCUT2D eigenvalue weighted by Gasteiger charge is -2.06. The third-order valence-corrected chi connectivity index (χ3v) is 3.92. The molecule has 0 aliphatic rings. The van der Waals surface area contributed by atoms with Crippen LogP contribution in [0.3, 0.4) is 0 Å². The minimum atomic E-state index is -0.334. The summed E-state index contributed by atoms with van der Waals surface area (Å²) in [7, 11) is 0. The van der Waals surface area contributed by atoms with Crippen molar-refractivity contribution in [1.82, 2.24) is 9.78 Å². The number of halogens is 1. The molecule has 2 aromatic carbocycles. The number of nitrogen functional groups attached to an aromatic ring is 1. The fourth-order valence-corrected chi connectivity index (χ4v) is 2.51. The van der Waals surface area contributed by atoms with Crippen molar-refractivity contribution in [3.05, 3.63) is 76.6 Å². The summed E-state index contributed by atoms with van der Waals surface area (Å²) in [4.78, 5) is 0. The van der Waals surface area contributed by atoms with Crippen LogP contribution in [0, 0.1) is 24.1 Å². The third kappa shape index (κ3) is 3.61. The summed E-state index contributed by atoms with van der Waals surface area (Å²) in [6.45, 7) is 2.53. The summed E-state index contributed by atoms with van der Waals surface area (Å²) in [5.41, 5.74) is 8.98. The van der Waals surface area contributed by atoms with E-state index in [2.05, 4.69) is 5.10 Å². The first kappa shape index (κ1) is 16.5. The first-order valence-corrected chi connectivity index (χ1v) is 7.76. The molecule has 0 amide bonds. The van der Waals surface area contributed by atoms with Gasteiger partial charge in [0.25, 0.3) is 5.88 Å². The highest BCUT2D eigenvalue weighted by atomic mass is 19.1. The van der Waals surface area contributed by atoms with E-state index in [0.717, 1.165) is 11.1 Å². The van der Waals surface area contributed by atoms with Gasteiger partial charge < -0.3 is 10.5 Å². The van der Waals surface area contributed by atoms with E-state index in [1.54, 1.807) is 12.1 Å². The molecule has 25 heavy (non-hydrogen) atoms. The summed E-state index contributed by atoms with van der Waals surface area (Å²) in [6.07, 6.45) is 0. The van der Waals surface area contributed by atoms with E-state index in [1.165, 1.54) is 16.8 Å². The largest absolute Gasteiger partial charge is 0.471 e. The molecular weight excluding hydrogens is 319 g/mol. The fourth-order valence-electron chi connectivity index (χ4n) is 2.51. The highest BCUT2D eigenvalue weighted by Gasteiger charge is 2.17. The van der Waals surface area contributed by atoms with Gasteiger partial charge in [0.2, 0.25) is 0 Å². The predicted molar refractivity (Wildman–Crippen MR) is 92.4 cm³/mol. The molecule has 0 unspecified atom stereocenters. The summed E-state index contributed by atoms with van der Waals surface area (Å²) in [5, 5.41) is 13.6. The highest BCUT2D eigenvalue weighted by molar-refractivity contribution is 5.55. The average Bonchev–Trinajstić information content (AvgIpc) is 2.89. The van der Waals surface area contributed by atoms with Gasteiger partial charge in [-0.2, -0.15) is 5.26 Å². The number of aromatic nitrogens is 2.